The van der Waals surface area contributed by atoms with Gasteiger partial charge in [0.1, 0.15) is 0 Å². The molecule has 0 aliphatic rings. The Balaban J connectivity index is 2.53. The lowest BCUT2D eigenvalue weighted by molar-refractivity contribution is -0.139. The van der Waals surface area contributed by atoms with E-state index in [0.717, 1.165) is 5.56 Å². The number of hydrogen-bond acceptors (Lipinski definition) is 3. The first-order valence-electron chi connectivity index (χ1n) is 6.76. The zero-order valence-corrected chi connectivity index (χ0v) is 12.4. The van der Waals surface area contributed by atoms with Gasteiger partial charge in [0.05, 0.1) is 6.54 Å². The Bertz CT molecular complexity index is 472. The van der Waals surface area contributed by atoms with Crippen LogP contribution in [0.25, 0.3) is 0 Å². The molecule has 110 valence electrons. The van der Waals surface area contributed by atoms with Crippen LogP contribution < -0.4 is 5.73 Å². The molecule has 0 aliphatic heterocycles. The summed E-state index contributed by atoms with van der Waals surface area (Å²) in [5.41, 5.74) is 7.44. The first-order valence-corrected chi connectivity index (χ1v) is 6.76. The maximum atomic E-state index is 12.1. The highest BCUT2D eigenvalue weighted by Gasteiger charge is 2.16. The van der Waals surface area contributed by atoms with Gasteiger partial charge in [0.25, 0.3) is 0 Å². The van der Waals surface area contributed by atoms with Crippen LogP contribution in [0.15, 0.2) is 24.3 Å². The average molecular weight is 277 g/mol. The molecule has 0 radical (unpaired) electrons. The van der Waals surface area contributed by atoms with Crippen LogP contribution in [-0.2, 0) is 16.0 Å². The molecule has 1 rings (SSSR count). The van der Waals surface area contributed by atoms with Gasteiger partial charge >= 0.3 is 0 Å². The zero-order chi connectivity index (χ0) is 15.1. The Kier molecular flexibility index (Phi) is 6.03. The van der Waals surface area contributed by atoms with Gasteiger partial charge in [-0.2, -0.15) is 0 Å². The zero-order valence-electron chi connectivity index (χ0n) is 12.4. The van der Waals surface area contributed by atoms with Crippen molar-refractivity contribution in [1.82, 2.24) is 9.80 Å². The molecule has 0 aliphatic carbocycles. The van der Waals surface area contributed by atoms with Crippen molar-refractivity contribution in [2.24, 2.45) is 0 Å². The molecule has 5 heteroatoms. The quantitative estimate of drug-likeness (QED) is 0.793. The highest BCUT2D eigenvalue weighted by atomic mass is 16.2. The van der Waals surface area contributed by atoms with Gasteiger partial charge < -0.3 is 15.5 Å². The van der Waals surface area contributed by atoms with Crippen LogP contribution in [0.5, 0.6) is 0 Å². The van der Waals surface area contributed by atoms with Crippen molar-refractivity contribution in [2.75, 3.05) is 32.9 Å². The molecule has 20 heavy (non-hydrogen) atoms. The number of rotatable bonds is 6. The summed E-state index contributed by atoms with van der Waals surface area (Å²) in [6.07, 6.45) is 1.02. The number of nitrogens with zero attached hydrogens (tertiary/aromatic N) is 2. The fourth-order valence-corrected chi connectivity index (χ4v) is 1.84. The molecule has 2 N–H and O–H groups in total. The maximum absolute atomic E-state index is 12.1. The number of carbonyl (C=O) groups excluding carboxylic acids is 2. The number of nitrogen functional groups attached to an aromatic ring is 1. The molecule has 0 unspecified atom stereocenters. The highest BCUT2D eigenvalue weighted by Crippen LogP contribution is 2.09. The molecule has 0 heterocycles. The Morgan fingerprint density at radius 1 is 1.20 bits per heavy atom. The lowest BCUT2D eigenvalue weighted by atomic mass is 10.1. The predicted molar refractivity (Wildman–Crippen MR) is 80.1 cm³/mol. The van der Waals surface area contributed by atoms with E-state index in [2.05, 4.69) is 0 Å². The van der Waals surface area contributed by atoms with E-state index in [1.807, 2.05) is 31.2 Å². The number of nitrogens with two attached hydrogens (primary N) is 1. The lowest BCUT2D eigenvalue weighted by Gasteiger charge is -2.22. The summed E-state index contributed by atoms with van der Waals surface area (Å²) >= 11 is 0. The standard InChI is InChI=1S/C15H23N3O2/c1-4-18(11-15(20)17(2)3)14(19)9-8-12-6-5-7-13(16)10-12/h5-7,10H,4,8-9,11,16H2,1-3H3. The highest BCUT2D eigenvalue weighted by molar-refractivity contribution is 5.84. The third-order valence-corrected chi connectivity index (χ3v) is 3.14. The van der Waals surface area contributed by atoms with Crippen molar-refractivity contribution < 1.29 is 9.59 Å². The summed E-state index contributed by atoms with van der Waals surface area (Å²) in [7, 11) is 3.38. The topological polar surface area (TPSA) is 66.6 Å². The maximum Gasteiger partial charge on any atom is 0.241 e. The molecule has 2 amide bonds. The molecule has 0 spiro atoms. The van der Waals surface area contributed by atoms with Crippen LogP contribution in [0.2, 0.25) is 0 Å². The fourth-order valence-electron chi connectivity index (χ4n) is 1.84. The van der Waals surface area contributed by atoms with Crippen LogP contribution in [0.4, 0.5) is 5.69 Å². The lowest BCUT2D eigenvalue weighted by Crippen LogP contribution is -2.40. The van der Waals surface area contributed by atoms with Gasteiger partial charge in [0.15, 0.2) is 0 Å². The molecule has 1 aromatic rings. The molecular formula is C15H23N3O2. The van der Waals surface area contributed by atoms with Gasteiger partial charge in [0.2, 0.25) is 11.8 Å². The van der Waals surface area contributed by atoms with Gasteiger partial charge in [-0.15, -0.1) is 0 Å². The minimum atomic E-state index is -0.0656. The third-order valence-electron chi connectivity index (χ3n) is 3.14. The summed E-state index contributed by atoms with van der Waals surface area (Å²) in [4.78, 5) is 26.8. The van der Waals surface area contributed by atoms with Crippen molar-refractivity contribution in [3.05, 3.63) is 29.8 Å². The second kappa shape index (κ2) is 7.53. The molecular weight excluding hydrogens is 254 g/mol. The third kappa shape index (κ3) is 4.91. The van der Waals surface area contributed by atoms with Crippen LogP contribution in [0, 0.1) is 0 Å². The van der Waals surface area contributed by atoms with E-state index in [0.29, 0.717) is 25.1 Å². The SMILES string of the molecule is CCN(CC(=O)N(C)C)C(=O)CCc1cccc(N)c1. The van der Waals surface area contributed by atoms with Crippen LogP contribution in [0.1, 0.15) is 18.9 Å². The Labute approximate surface area is 120 Å². The fraction of sp³-hybridized carbons (Fsp3) is 0.467. The van der Waals surface area contributed by atoms with Crippen molar-refractivity contribution >= 4 is 17.5 Å². The Hall–Kier alpha value is -2.04. The monoisotopic (exact) mass is 277 g/mol. The van der Waals surface area contributed by atoms with Crippen LogP contribution in [0.3, 0.4) is 0 Å². The van der Waals surface area contributed by atoms with Crippen molar-refractivity contribution in [3.8, 4) is 0 Å². The minimum absolute atomic E-state index is 0.00914. The normalized spacial score (nSPS) is 10.2. The molecule has 0 saturated heterocycles. The van der Waals surface area contributed by atoms with Gasteiger partial charge in [-0.3, -0.25) is 9.59 Å². The Morgan fingerprint density at radius 2 is 1.90 bits per heavy atom. The van der Waals surface area contributed by atoms with Crippen LogP contribution >= 0.6 is 0 Å². The minimum Gasteiger partial charge on any atom is -0.399 e. The molecule has 0 bridgehead atoms. The molecule has 0 aromatic heterocycles. The van der Waals surface area contributed by atoms with E-state index in [1.54, 1.807) is 19.0 Å². The van der Waals surface area contributed by atoms with Gasteiger partial charge in [-0.25, -0.2) is 0 Å². The smallest absolute Gasteiger partial charge is 0.241 e. The van der Waals surface area contributed by atoms with E-state index in [4.69, 9.17) is 5.73 Å². The van der Waals surface area contributed by atoms with E-state index in [1.165, 1.54) is 4.90 Å². The number of likely N-dealkylation sites (N-methyl/N-ethyl adjacent to an activating group) is 2. The number of aryl methyl sites for hydroxylation is 1. The number of amides is 2. The average Bonchev–Trinajstić information content (AvgIpc) is 2.41. The second-order valence-electron chi connectivity index (χ2n) is 4.94. The Morgan fingerprint density at radius 3 is 2.45 bits per heavy atom. The summed E-state index contributed by atoms with van der Waals surface area (Å²) < 4.78 is 0. The van der Waals surface area contributed by atoms with E-state index >= 15 is 0 Å². The van der Waals surface area contributed by atoms with Crippen molar-refractivity contribution in [2.45, 2.75) is 19.8 Å². The first-order chi connectivity index (χ1) is 9.43. The molecule has 0 saturated carbocycles. The molecule has 5 nitrogen and oxygen atoms in total. The molecule has 0 fully saturated rings. The largest absolute Gasteiger partial charge is 0.399 e. The molecule has 0 atom stereocenters. The predicted octanol–water partition coefficient (Wildman–Crippen LogP) is 1.14. The van der Waals surface area contributed by atoms with Gasteiger partial charge in [0, 0.05) is 32.7 Å². The van der Waals surface area contributed by atoms with Crippen molar-refractivity contribution in [3.63, 3.8) is 0 Å². The number of hydrogen-bond donors (Lipinski definition) is 1. The van der Waals surface area contributed by atoms with E-state index in [-0.39, 0.29) is 18.4 Å². The van der Waals surface area contributed by atoms with Crippen LogP contribution in [-0.4, -0.2) is 48.8 Å². The van der Waals surface area contributed by atoms with Crippen molar-refractivity contribution in [1.29, 1.82) is 0 Å². The summed E-state index contributed by atoms with van der Waals surface area (Å²) in [6, 6.07) is 7.52. The van der Waals surface area contributed by atoms with E-state index < -0.39 is 0 Å². The number of benzene rings is 1. The first kappa shape index (κ1) is 16.0. The number of carbonyl (C=O) groups is 2. The summed E-state index contributed by atoms with van der Waals surface area (Å²) in [6.45, 7) is 2.55. The van der Waals surface area contributed by atoms with Gasteiger partial charge in [-0.1, -0.05) is 12.1 Å². The second-order valence-corrected chi connectivity index (χ2v) is 4.94. The summed E-state index contributed by atoms with van der Waals surface area (Å²) in [5.74, 6) is -0.0747. The molecule has 1 aromatic carbocycles. The van der Waals surface area contributed by atoms with E-state index in [9.17, 15) is 9.59 Å². The van der Waals surface area contributed by atoms with Gasteiger partial charge in [-0.05, 0) is 31.0 Å². The summed E-state index contributed by atoms with van der Waals surface area (Å²) in [5, 5.41) is 0. The number of anilines is 1.